The molecule has 1 aromatic heterocycles. The molecule has 0 radical (unpaired) electrons. The van der Waals surface area contributed by atoms with Gasteiger partial charge in [-0.25, -0.2) is 0 Å². The molecule has 3 nitrogen and oxygen atoms in total. The molecule has 0 spiro atoms. The fraction of sp³-hybridized carbons (Fsp3) is 0.400. The number of aromatic nitrogens is 1. The highest BCUT2D eigenvalue weighted by Crippen LogP contribution is 2.14. The molecular formula is C10H10F3NO2. The van der Waals surface area contributed by atoms with Gasteiger partial charge in [-0.15, -0.1) is 0 Å². The van der Waals surface area contributed by atoms with Crippen molar-refractivity contribution in [2.75, 3.05) is 13.2 Å². The van der Waals surface area contributed by atoms with E-state index in [-0.39, 0.29) is 5.56 Å². The lowest BCUT2D eigenvalue weighted by Crippen LogP contribution is -2.20. The predicted molar refractivity (Wildman–Crippen MR) is 50.2 cm³/mol. The Balaban J connectivity index is 2.44. The first kappa shape index (κ1) is 12.6. The van der Waals surface area contributed by atoms with Gasteiger partial charge in [0.15, 0.2) is 5.78 Å². The first-order chi connectivity index (χ1) is 7.38. The molecular weight excluding hydrogens is 223 g/mol. The first-order valence-corrected chi connectivity index (χ1v) is 4.49. The number of ether oxygens (including phenoxy) is 1. The number of carbonyl (C=O) groups excluding carboxylic acids is 1. The van der Waals surface area contributed by atoms with E-state index in [1.54, 1.807) is 13.0 Å². The Kier molecular flexibility index (Phi) is 4.00. The molecule has 0 saturated carbocycles. The van der Waals surface area contributed by atoms with Crippen LogP contribution in [0.2, 0.25) is 0 Å². The van der Waals surface area contributed by atoms with Crippen LogP contribution in [0.5, 0.6) is 0 Å². The third kappa shape index (κ3) is 4.39. The maximum Gasteiger partial charge on any atom is 0.411 e. The van der Waals surface area contributed by atoms with Gasteiger partial charge in [-0.3, -0.25) is 9.78 Å². The summed E-state index contributed by atoms with van der Waals surface area (Å²) in [5.74, 6) is -0.517. The number of rotatable bonds is 4. The quantitative estimate of drug-likeness (QED) is 0.748. The molecule has 0 saturated heterocycles. The van der Waals surface area contributed by atoms with Crippen LogP contribution in [-0.4, -0.2) is 30.2 Å². The van der Waals surface area contributed by atoms with Crippen LogP contribution < -0.4 is 0 Å². The highest BCUT2D eigenvalue weighted by Gasteiger charge is 2.27. The van der Waals surface area contributed by atoms with Gasteiger partial charge in [0.2, 0.25) is 0 Å². The zero-order valence-electron chi connectivity index (χ0n) is 8.54. The van der Waals surface area contributed by atoms with Crippen molar-refractivity contribution in [1.29, 1.82) is 0 Å². The minimum absolute atomic E-state index is 0.243. The van der Waals surface area contributed by atoms with Gasteiger partial charge in [-0.2, -0.15) is 13.2 Å². The summed E-state index contributed by atoms with van der Waals surface area (Å²) in [4.78, 5) is 15.2. The lowest BCUT2D eigenvalue weighted by atomic mass is 10.2. The number of alkyl halides is 3. The van der Waals surface area contributed by atoms with E-state index in [2.05, 4.69) is 9.72 Å². The number of hydrogen-bond donors (Lipinski definition) is 0. The topological polar surface area (TPSA) is 39.2 Å². The fourth-order valence-electron chi connectivity index (χ4n) is 0.976. The summed E-state index contributed by atoms with van der Waals surface area (Å²) in [7, 11) is 0. The molecule has 1 heterocycles. The van der Waals surface area contributed by atoms with Gasteiger partial charge in [0, 0.05) is 17.5 Å². The largest absolute Gasteiger partial charge is 0.411 e. The molecule has 1 aromatic rings. The maximum atomic E-state index is 11.7. The Hall–Kier alpha value is -1.43. The van der Waals surface area contributed by atoms with Crippen LogP contribution in [0.3, 0.4) is 0 Å². The number of aryl methyl sites for hydroxylation is 1. The molecule has 6 heteroatoms. The number of nitrogens with zero attached hydrogens (tertiary/aromatic N) is 1. The highest BCUT2D eigenvalue weighted by atomic mass is 19.4. The van der Waals surface area contributed by atoms with Crippen LogP contribution >= 0.6 is 0 Å². The molecule has 0 aromatic carbocycles. The molecule has 0 aliphatic carbocycles. The van der Waals surface area contributed by atoms with E-state index >= 15 is 0 Å². The van der Waals surface area contributed by atoms with E-state index in [1.165, 1.54) is 12.3 Å². The van der Waals surface area contributed by atoms with E-state index in [1.807, 2.05) is 0 Å². The summed E-state index contributed by atoms with van der Waals surface area (Å²) in [5, 5.41) is 0. The van der Waals surface area contributed by atoms with Crippen molar-refractivity contribution in [3.63, 3.8) is 0 Å². The number of Topliss-reactive ketones (excluding diaryl/α,β-unsaturated/α-hetero) is 1. The van der Waals surface area contributed by atoms with Crippen molar-refractivity contribution in [3.8, 4) is 0 Å². The van der Waals surface area contributed by atoms with E-state index in [0.29, 0.717) is 0 Å². The van der Waals surface area contributed by atoms with Crippen LogP contribution in [0.25, 0.3) is 0 Å². The molecule has 0 bridgehead atoms. The molecule has 0 unspecified atom stereocenters. The molecule has 0 aliphatic heterocycles. The second kappa shape index (κ2) is 5.07. The summed E-state index contributed by atoms with van der Waals surface area (Å²) in [6.45, 7) is -0.267. The van der Waals surface area contributed by atoms with Gasteiger partial charge >= 0.3 is 6.18 Å². The molecule has 0 aliphatic rings. The molecule has 1 rings (SSSR count). The van der Waals surface area contributed by atoms with Gasteiger partial charge in [0.1, 0.15) is 13.2 Å². The van der Waals surface area contributed by atoms with Gasteiger partial charge < -0.3 is 4.74 Å². The lowest BCUT2D eigenvalue weighted by molar-refractivity contribution is -0.170. The van der Waals surface area contributed by atoms with E-state index in [9.17, 15) is 18.0 Å². The van der Waals surface area contributed by atoms with Crippen molar-refractivity contribution in [3.05, 3.63) is 29.6 Å². The zero-order valence-corrected chi connectivity index (χ0v) is 8.54. The Morgan fingerprint density at radius 1 is 1.44 bits per heavy atom. The van der Waals surface area contributed by atoms with Crippen molar-refractivity contribution in [1.82, 2.24) is 4.98 Å². The van der Waals surface area contributed by atoms with Crippen LogP contribution in [0.1, 0.15) is 16.1 Å². The third-order valence-electron chi connectivity index (χ3n) is 1.73. The minimum Gasteiger partial charge on any atom is -0.364 e. The van der Waals surface area contributed by atoms with Crippen molar-refractivity contribution >= 4 is 5.78 Å². The smallest absolute Gasteiger partial charge is 0.364 e. The van der Waals surface area contributed by atoms with Crippen molar-refractivity contribution in [2.24, 2.45) is 0 Å². The normalized spacial score (nSPS) is 11.5. The highest BCUT2D eigenvalue weighted by molar-refractivity contribution is 5.96. The molecule has 0 fully saturated rings. The fourth-order valence-corrected chi connectivity index (χ4v) is 0.976. The van der Waals surface area contributed by atoms with E-state index < -0.39 is 25.2 Å². The van der Waals surface area contributed by atoms with Gasteiger partial charge in [-0.05, 0) is 19.1 Å². The predicted octanol–water partition coefficient (Wildman–Crippen LogP) is 2.15. The number of ketones is 1. The molecule has 16 heavy (non-hydrogen) atoms. The van der Waals surface area contributed by atoms with Crippen LogP contribution in [0.15, 0.2) is 18.3 Å². The summed E-state index contributed by atoms with van der Waals surface area (Å²) in [6, 6.07) is 3.11. The van der Waals surface area contributed by atoms with Gasteiger partial charge in [-0.1, -0.05) is 0 Å². The summed E-state index contributed by atoms with van der Waals surface area (Å²) >= 11 is 0. The first-order valence-electron chi connectivity index (χ1n) is 4.49. The van der Waals surface area contributed by atoms with E-state index in [4.69, 9.17) is 0 Å². The second-order valence-electron chi connectivity index (χ2n) is 3.22. The van der Waals surface area contributed by atoms with E-state index in [0.717, 1.165) is 5.69 Å². The average Bonchev–Trinajstić information content (AvgIpc) is 2.16. The summed E-state index contributed by atoms with van der Waals surface area (Å²) in [6.07, 6.45) is -3.10. The van der Waals surface area contributed by atoms with Crippen molar-refractivity contribution in [2.45, 2.75) is 13.1 Å². The number of halogens is 3. The molecule has 0 N–H and O–H groups in total. The summed E-state index contributed by atoms with van der Waals surface area (Å²) < 4.78 is 39.4. The third-order valence-corrected chi connectivity index (χ3v) is 1.73. The Labute approximate surface area is 90.2 Å². The maximum absolute atomic E-state index is 11.7. The number of pyridine rings is 1. The minimum atomic E-state index is -4.41. The molecule has 0 atom stereocenters. The standard InChI is InChI=1S/C10H10F3NO2/c1-7-2-3-8(4-14-7)9(15)5-16-6-10(11,12)13/h2-4H,5-6H2,1H3. The van der Waals surface area contributed by atoms with Gasteiger partial charge in [0.05, 0.1) is 0 Å². The second-order valence-corrected chi connectivity index (χ2v) is 3.22. The summed E-state index contributed by atoms with van der Waals surface area (Å²) in [5.41, 5.74) is 0.973. The van der Waals surface area contributed by atoms with Crippen molar-refractivity contribution < 1.29 is 22.7 Å². The van der Waals surface area contributed by atoms with Crippen LogP contribution in [-0.2, 0) is 4.74 Å². The lowest BCUT2D eigenvalue weighted by Gasteiger charge is -2.06. The zero-order chi connectivity index (χ0) is 12.2. The number of hydrogen-bond acceptors (Lipinski definition) is 3. The average molecular weight is 233 g/mol. The SMILES string of the molecule is Cc1ccc(C(=O)COCC(F)(F)F)cn1. The van der Waals surface area contributed by atoms with Gasteiger partial charge in [0.25, 0.3) is 0 Å². The van der Waals surface area contributed by atoms with Crippen LogP contribution in [0.4, 0.5) is 13.2 Å². The molecule has 0 amide bonds. The Morgan fingerprint density at radius 3 is 2.62 bits per heavy atom. The van der Waals surface area contributed by atoms with Crippen LogP contribution in [0, 0.1) is 6.92 Å². The number of carbonyl (C=O) groups is 1. The monoisotopic (exact) mass is 233 g/mol. The Morgan fingerprint density at radius 2 is 2.12 bits per heavy atom. The molecule has 88 valence electrons. The Bertz CT molecular complexity index is 359.